The molecule has 0 saturated carbocycles. The van der Waals surface area contributed by atoms with Crippen LogP contribution in [-0.4, -0.2) is 22.0 Å². The average molecular weight is 240 g/mol. The zero-order valence-electron chi connectivity index (χ0n) is 6.97. The van der Waals surface area contributed by atoms with E-state index in [1.165, 1.54) is 0 Å². The molecule has 1 aromatic heterocycles. The number of aromatic hydroxyl groups is 1. The van der Waals surface area contributed by atoms with Crippen LogP contribution in [0, 0.1) is 5.41 Å². The van der Waals surface area contributed by atoms with Crippen LogP contribution < -0.4 is 0 Å². The van der Waals surface area contributed by atoms with Gasteiger partial charge in [-0.05, 0) is 6.07 Å². The number of nitrogens with one attached hydrogen (secondary N) is 1. The van der Waals surface area contributed by atoms with Gasteiger partial charge in [0.15, 0.2) is 0 Å². The van der Waals surface area contributed by atoms with Crippen molar-refractivity contribution in [1.82, 2.24) is 4.98 Å². The Kier molecular flexibility index (Phi) is 3.18. The number of hydrogen-bond acceptors (Lipinski definition) is 4. The van der Waals surface area contributed by atoms with Gasteiger partial charge < -0.3 is 5.11 Å². The van der Waals surface area contributed by atoms with Crippen LogP contribution in [0.3, 0.4) is 0 Å². The van der Waals surface area contributed by atoms with Gasteiger partial charge in [-0.15, -0.1) is 0 Å². The van der Waals surface area contributed by atoms with Crippen molar-refractivity contribution >= 4 is 17.9 Å². The van der Waals surface area contributed by atoms with Gasteiger partial charge >= 0.3 is 6.18 Å². The van der Waals surface area contributed by atoms with Crippen molar-refractivity contribution in [3.05, 3.63) is 17.8 Å². The lowest BCUT2D eigenvalue weighted by atomic mass is 10.1. The van der Waals surface area contributed by atoms with Gasteiger partial charge in [0.1, 0.15) is 28.6 Å². The van der Waals surface area contributed by atoms with Gasteiger partial charge in [-0.3, -0.25) is 5.41 Å². The lowest BCUT2D eigenvalue weighted by Crippen LogP contribution is -2.23. The minimum Gasteiger partial charge on any atom is -0.506 e. The van der Waals surface area contributed by atoms with Crippen LogP contribution in [-0.2, 0) is 0 Å². The van der Waals surface area contributed by atoms with Gasteiger partial charge in [-0.2, -0.15) is 17.1 Å². The number of aromatic nitrogens is 1. The maximum absolute atomic E-state index is 12.2. The Labute approximate surface area is 85.9 Å². The maximum atomic E-state index is 12.2. The van der Waals surface area contributed by atoms with Crippen molar-refractivity contribution in [1.29, 1.82) is 5.41 Å². The van der Waals surface area contributed by atoms with Gasteiger partial charge in [-0.1, -0.05) is 0 Å². The summed E-state index contributed by atoms with van der Waals surface area (Å²) in [6, 6.07) is 0.644. The van der Waals surface area contributed by atoms with E-state index in [1.54, 1.807) is 0 Å². The van der Waals surface area contributed by atoms with E-state index in [0.717, 1.165) is 6.20 Å². The van der Waals surface area contributed by atoms with Crippen molar-refractivity contribution in [2.45, 2.75) is 11.2 Å². The van der Waals surface area contributed by atoms with E-state index >= 15 is 0 Å². The van der Waals surface area contributed by atoms with E-state index in [1.807, 2.05) is 0 Å². The molecule has 2 N–H and O–H groups in total. The van der Waals surface area contributed by atoms with Gasteiger partial charge in [0.25, 0.3) is 0 Å². The van der Waals surface area contributed by atoms with E-state index < -0.39 is 40.4 Å². The highest BCUT2D eigenvalue weighted by Crippen LogP contribution is 2.29. The van der Waals surface area contributed by atoms with Gasteiger partial charge in [0.05, 0.1) is 6.20 Å². The molecule has 0 radical (unpaired) electrons. The quantitative estimate of drug-likeness (QED) is 0.617. The monoisotopic (exact) mass is 240 g/mol. The topological polar surface area (TPSA) is 57.0 Å². The smallest absolute Gasteiger partial charge is 0.433 e. The molecular formula is C7H4F4N2OS. The normalized spacial score (nSPS) is 11.5. The first-order valence-electron chi connectivity index (χ1n) is 3.50. The molecule has 0 aromatic carbocycles. The zero-order valence-corrected chi connectivity index (χ0v) is 7.79. The number of pyridine rings is 1. The lowest BCUT2D eigenvalue weighted by molar-refractivity contribution is -0.0589. The van der Waals surface area contributed by atoms with Crippen molar-refractivity contribution in [3.63, 3.8) is 0 Å². The predicted octanol–water partition coefficient (Wildman–Crippen LogP) is 2.69. The highest BCUT2D eigenvalue weighted by atomic mass is 32.2. The minimum absolute atomic E-state index is 0.514. The molecule has 0 unspecified atom stereocenters. The summed E-state index contributed by atoms with van der Waals surface area (Å²) >= 11 is -0.514. The van der Waals surface area contributed by atoms with Crippen LogP contribution in [0.15, 0.2) is 17.3 Å². The zero-order chi connectivity index (χ0) is 11.6. The second kappa shape index (κ2) is 4.05. The summed E-state index contributed by atoms with van der Waals surface area (Å²) in [6.45, 7) is 0. The Morgan fingerprint density at radius 3 is 2.53 bits per heavy atom. The Balaban J connectivity index is 3.23. The summed E-state index contributed by atoms with van der Waals surface area (Å²) in [5.41, 5.74) is -2.53. The van der Waals surface area contributed by atoms with E-state index in [0.29, 0.717) is 6.07 Å². The number of nitrogens with zero attached hydrogens (tertiary/aromatic N) is 1. The summed E-state index contributed by atoms with van der Waals surface area (Å²) in [5, 5.41) is 15.1. The first kappa shape index (κ1) is 11.8. The van der Waals surface area contributed by atoms with E-state index in [-0.39, 0.29) is 0 Å². The molecule has 0 aliphatic rings. The van der Waals surface area contributed by atoms with Gasteiger partial charge in [-0.25, -0.2) is 4.98 Å². The van der Waals surface area contributed by atoms with Crippen LogP contribution in [0.5, 0.6) is 5.75 Å². The van der Waals surface area contributed by atoms with Crippen molar-refractivity contribution < 1.29 is 22.2 Å². The molecule has 0 saturated heterocycles. The van der Waals surface area contributed by atoms with Crippen molar-refractivity contribution in [2.75, 3.05) is 0 Å². The van der Waals surface area contributed by atoms with Gasteiger partial charge in [0.2, 0.25) is 0 Å². The van der Waals surface area contributed by atoms with E-state index in [2.05, 4.69) is 4.98 Å². The van der Waals surface area contributed by atoms with E-state index in [4.69, 9.17) is 10.5 Å². The fraction of sp³-hybridized carbons (Fsp3) is 0.143. The molecule has 0 amide bonds. The first-order valence-corrected chi connectivity index (χ1v) is 4.21. The molecule has 1 aromatic rings. The lowest BCUT2D eigenvalue weighted by Gasteiger charge is -2.09. The number of rotatable bonds is 2. The largest absolute Gasteiger partial charge is 0.506 e. The predicted molar refractivity (Wildman–Crippen MR) is 45.8 cm³/mol. The maximum Gasteiger partial charge on any atom is 0.433 e. The molecule has 0 spiro atoms. The Bertz CT molecular complexity index is 393. The summed E-state index contributed by atoms with van der Waals surface area (Å²) in [6.07, 6.45) is -4.10. The Morgan fingerprint density at radius 2 is 2.07 bits per heavy atom. The highest BCUT2D eigenvalue weighted by Gasteiger charge is 2.37. The highest BCUT2D eigenvalue weighted by molar-refractivity contribution is 7.94. The molecule has 82 valence electrons. The second-order valence-electron chi connectivity index (χ2n) is 2.50. The van der Waals surface area contributed by atoms with Crippen LogP contribution in [0.2, 0.25) is 0 Å². The average Bonchev–Trinajstić information content (AvgIpc) is 2.15. The number of halogens is 4. The summed E-state index contributed by atoms with van der Waals surface area (Å²) in [7, 11) is 0. The SMILES string of the molecule is N=C(c1cc(O)cnc1SF)C(F)(F)F. The van der Waals surface area contributed by atoms with Crippen LogP contribution in [0.1, 0.15) is 5.56 Å². The van der Waals surface area contributed by atoms with Crippen LogP contribution in [0.4, 0.5) is 17.1 Å². The number of hydrogen-bond donors (Lipinski definition) is 2. The molecule has 0 bridgehead atoms. The van der Waals surface area contributed by atoms with Crippen LogP contribution in [0.25, 0.3) is 0 Å². The second-order valence-corrected chi connectivity index (χ2v) is 3.04. The summed E-state index contributed by atoms with van der Waals surface area (Å²) in [5.74, 6) is -0.559. The Morgan fingerprint density at radius 1 is 1.47 bits per heavy atom. The summed E-state index contributed by atoms with van der Waals surface area (Å²) < 4.78 is 48.5. The van der Waals surface area contributed by atoms with Crippen molar-refractivity contribution in [3.8, 4) is 5.75 Å². The van der Waals surface area contributed by atoms with Gasteiger partial charge in [0, 0.05) is 5.56 Å². The third-order valence-electron chi connectivity index (χ3n) is 1.46. The van der Waals surface area contributed by atoms with E-state index in [9.17, 15) is 17.1 Å². The third-order valence-corrected chi connectivity index (χ3v) is 1.93. The standard InChI is InChI=1S/C7H4F4N2OS/c8-7(9,10)5(12)4-1-3(14)2-13-6(4)15-11/h1-2,12,14H. The van der Waals surface area contributed by atoms with Crippen molar-refractivity contribution in [2.24, 2.45) is 0 Å². The first-order chi connectivity index (χ1) is 6.86. The molecule has 0 atom stereocenters. The molecule has 0 aliphatic carbocycles. The minimum atomic E-state index is -4.90. The molecular weight excluding hydrogens is 236 g/mol. The molecule has 0 aliphatic heterocycles. The fourth-order valence-corrected chi connectivity index (χ4v) is 1.17. The van der Waals surface area contributed by atoms with Crippen LogP contribution >= 0.6 is 12.1 Å². The molecule has 1 heterocycles. The molecule has 1 rings (SSSR count). The number of alkyl halides is 3. The summed E-state index contributed by atoms with van der Waals surface area (Å²) in [4.78, 5) is 3.23. The third kappa shape index (κ3) is 2.58. The molecule has 8 heteroatoms. The molecule has 0 fully saturated rings. The molecule has 3 nitrogen and oxygen atoms in total. The fourth-order valence-electron chi connectivity index (χ4n) is 0.834. The molecule has 15 heavy (non-hydrogen) atoms. The Hall–Kier alpha value is -1.31.